The summed E-state index contributed by atoms with van der Waals surface area (Å²) in [6, 6.07) is 4.36. The smallest absolute Gasteiger partial charge is 0.304 e. The molecule has 1 saturated carbocycles. The minimum atomic E-state index is -0.779. The molecule has 0 unspecified atom stereocenters. The van der Waals surface area contributed by atoms with Gasteiger partial charge in [-0.05, 0) is 18.9 Å². The lowest BCUT2D eigenvalue weighted by Gasteiger charge is -2.17. The number of hydrogen-bond donors (Lipinski definition) is 1. The zero-order valence-corrected chi connectivity index (χ0v) is 10.2. The number of nitrogens with zero attached hydrogens (tertiary/aromatic N) is 1. The van der Waals surface area contributed by atoms with Crippen molar-refractivity contribution in [3.8, 4) is 0 Å². The van der Waals surface area contributed by atoms with E-state index in [4.69, 9.17) is 0 Å². The fraction of sp³-hybridized carbons (Fsp3) is 0.538. The molecule has 2 rings (SSSR count). The Hall–Kier alpha value is -1.65. The molecule has 0 spiro atoms. The molecule has 0 saturated heterocycles. The van der Waals surface area contributed by atoms with Gasteiger partial charge in [0.25, 0.3) is 0 Å². The van der Waals surface area contributed by atoms with E-state index in [-0.39, 0.29) is 0 Å². The summed E-state index contributed by atoms with van der Waals surface area (Å²) in [5.74, 6) is -0.779. The predicted molar refractivity (Wildman–Crippen MR) is 68.2 cm³/mol. The van der Waals surface area contributed by atoms with Crippen LogP contribution in [-0.2, 0) is 0 Å². The largest absolute Gasteiger partial charge is 0.382 e. The number of nitro benzene ring substituents is 1. The molecule has 0 atom stereocenters. The van der Waals surface area contributed by atoms with E-state index in [2.05, 4.69) is 5.32 Å². The molecular weight excluding hydrogens is 235 g/mol. The van der Waals surface area contributed by atoms with E-state index in [0.717, 1.165) is 12.8 Å². The molecule has 0 radical (unpaired) electrons. The van der Waals surface area contributed by atoms with Crippen LogP contribution in [0.5, 0.6) is 0 Å². The fourth-order valence-electron chi connectivity index (χ4n) is 2.40. The number of halogens is 1. The Morgan fingerprint density at radius 3 is 2.44 bits per heavy atom. The second-order valence-electron chi connectivity index (χ2n) is 4.76. The van der Waals surface area contributed by atoms with Crippen LogP contribution in [0, 0.1) is 15.9 Å². The maximum atomic E-state index is 13.5. The number of hydrogen-bond acceptors (Lipinski definition) is 3. The summed E-state index contributed by atoms with van der Waals surface area (Å²) in [4.78, 5) is 9.81. The van der Waals surface area contributed by atoms with Gasteiger partial charge in [-0.1, -0.05) is 25.7 Å². The monoisotopic (exact) mass is 252 g/mol. The van der Waals surface area contributed by atoms with Crippen LogP contribution in [0.1, 0.15) is 38.5 Å². The van der Waals surface area contributed by atoms with Crippen molar-refractivity contribution in [2.75, 3.05) is 5.32 Å². The molecule has 98 valence electrons. The third kappa shape index (κ3) is 3.18. The van der Waals surface area contributed by atoms with Gasteiger partial charge in [-0.2, -0.15) is 4.39 Å². The van der Waals surface area contributed by atoms with Gasteiger partial charge in [0.1, 0.15) is 0 Å². The molecule has 0 bridgehead atoms. The van der Waals surface area contributed by atoms with E-state index in [0.29, 0.717) is 11.7 Å². The highest BCUT2D eigenvalue weighted by molar-refractivity contribution is 5.50. The van der Waals surface area contributed by atoms with Gasteiger partial charge < -0.3 is 5.32 Å². The van der Waals surface area contributed by atoms with Gasteiger partial charge in [-0.15, -0.1) is 0 Å². The first-order valence-corrected chi connectivity index (χ1v) is 6.37. The summed E-state index contributed by atoms with van der Waals surface area (Å²) in [6.07, 6.45) is 7.05. The molecule has 1 aromatic rings. The number of nitro groups is 1. The topological polar surface area (TPSA) is 55.2 Å². The summed E-state index contributed by atoms with van der Waals surface area (Å²) in [6.45, 7) is 0. The van der Waals surface area contributed by atoms with E-state index in [1.54, 1.807) is 6.07 Å². The third-order valence-corrected chi connectivity index (χ3v) is 3.37. The first-order valence-electron chi connectivity index (χ1n) is 6.37. The van der Waals surface area contributed by atoms with Crippen molar-refractivity contribution in [2.24, 2.45) is 0 Å². The lowest BCUT2D eigenvalue weighted by Crippen LogP contribution is -2.18. The van der Waals surface area contributed by atoms with Crippen LogP contribution >= 0.6 is 0 Å². The van der Waals surface area contributed by atoms with Gasteiger partial charge >= 0.3 is 5.69 Å². The van der Waals surface area contributed by atoms with Gasteiger partial charge in [-0.3, -0.25) is 10.1 Å². The van der Waals surface area contributed by atoms with Crippen LogP contribution in [0.4, 0.5) is 15.8 Å². The molecule has 1 fully saturated rings. The van der Waals surface area contributed by atoms with E-state index in [1.165, 1.54) is 37.8 Å². The van der Waals surface area contributed by atoms with E-state index in [9.17, 15) is 14.5 Å². The summed E-state index contributed by atoms with van der Waals surface area (Å²) in [5.41, 5.74) is 0.159. The second-order valence-corrected chi connectivity index (χ2v) is 4.76. The van der Waals surface area contributed by atoms with Crippen LogP contribution in [0.2, 0.25) is 0 Å². The van der Waals surface area contributed by atoms with Crippen molar-refractivity contribution >= 4 is 11.4 Å². The van der Waals surface area contributed by atoms with Gasteiger partial charge in [0.05, 0.1) is 4.92 Å². The van der Waals surface area contributed by atoms with Crippen molar-refractivity contribution in [2.45, 2.75) is 44.6 Å². The van der Waals surface area contributed by atoms with Crippen LogP contribution in [-0.4, -0.2) is 11.0 Å². The quantitative estimate of drug-likeness (QED) is 0.504. The Kier molecular flexibility index (Phi) is 4.12. The molecule has 0 aromatic heterocycles. The Morgan fingerprint density at radius 1 is 1.22 bits per heavy atom. The first-order chi connectivity index (χ1) is 8.66. The second kappa shape index (κ2) is 5.80. The van der Waals surface area contributed by atoms with Crippen molar-refractivity contribution in [1.29, 1.82) is 0 Å². The number of nitrogens with one attached hydrogen (secondary N) is 1. The number of rotatable bonds is 3. The summed E-state index contributed by atoms with van der Waals surface area (Å²) < 4.78 is 13.5. The predicted octanol–water partition coefficient (Wildman–Crippen LogP) is 3.87. The molecule has 1 aliphatic rings. The average Bonchev–Trinajstić information content (AvgIpc) is 2.57. The summed E-state index contributed by atoms with van der Waals surface area (Å²) in [7, 11) is 0. The standard InChI is InChI=1S/C13H17FN2O2/c14-12-9-11(7-8-13(12)16(17)18)15-10-5-3-1-2-4-6-10/h7-10,15H,1-6H2. The number of anilines is 1. The third-order valence-electron chi connectivity index (χ3n) is 3.37. The molecular formula is C13H17FN2O2. The van der Waals surface area contributed by atoms with Crippen molar-refractivity contribution < 1.29 is 9.31 Å². The lowest BCUT2D eigenvalue weighted by molar-refractivity contribution is -0.387. The minimum absolute atomic E-state index is 0.355. The Labute approximate surface area is 105 Å². The number of benzene rings is 1. The molecule has 18 heavy (non-hydrogen) atoms. The molecule has 5 heteroatoms. The molecule has 1 aliphatic carbocycles. The molecule has 0 aliphatic heterocycles. The zero-order valence-electron chi connectivity index (χ0n) is 10.2. The highest BCUT2D eigenvalue weighted by Gasteiger charge is 2.16. The van der Waals surface area contributed by atoms with E-state index < -0.39 is 16.4 Å². The Balaban J connectivity index is 2.05. The first kappa shape index (κ1) is 12.8. The van der Waals surface area contributed by atoms with Gasteiger partial charge in [0, 0.05) is 23.9 Å². The lowest BCUT2D eigenvalue weighted by atomic mass is 10.1. The molecule has 1 N–H and O–H groups in total. The van der Waals surface area contributed by atoms with E-state index in [1.807, 2.05) is 0 Å². The van der Waals surface area contributed by atoms with Crippen molar-refractivity contribution in [3.05, 3.63) is 34.1 Å². The maximum Gasteiger partial charge on any atom is 0.304 e. The Bertz CT molecular complexity index is 429. The van der Waals surface area contributed by atoms with E-state index >= 15 is 0 Å². The zero-order chi connectivity index (χ0) is 13.0. The average molecular weight is 252 g/mol. The Morgan fingerprint density at radius 2 is 1.89 bits per heavy atom. The highest BCUT2D eigenvalue weighted by Crippen LogP contribution is 2.24. The molecule has 4 nitrogen and oxygen atoms in total. The highest BCUT2D eigenvalue weighted by atomic mass is 19.1. The van der Waals surface area contributed by atoms with Crippen LogP contribution in [0.3, 0.4) is 0 Å². The molecule has 0 amide bonds. The molecule has 0 heterocycles. The summed E-state index contributed by atoms with van der Waals surface area (Å²) >= 11 is 0. The van der Waals surface area contributed by atoms with Gasteiger partial charge in [0.2, 0.25) is 5.82 Å². The van der Waals surface area contributed by atoms with Gasteiger partial charge in [0.15, 0.2) is 0 Å². The normalized spacial score (nSPS) is 17.2. The van der Waals surface area contributed by atoms with Gasteiger partial charge in [-0.25, -0.2) is 0 Å². The van der Waals surface area contributed by atoms with Crippen LogP contribution in [0.25, 0.3) is 0 Å². The van der Waals surface area contributed by atoms with Crippen LogP contribution in [0.15, 0.2) is 18.2 Å². The molecule has 1 aromatic carbocycles. The fourth-order valence-corrected chi connectivity index (χ4v) is 2.40. The summed E-state index contributed by atoms with van der Waals surface area (Å²) in [5, 5.41) is 13.8. The van der Waals surface area contributed by atoms with Crippen LogP contribution < -0.4 is 5.32 Å². The maximum absolute atomic E-state index is 13.5. The van der Waals surface area contributed by atoms with Crippen molar-refractivity contribution in [3.63, 3.8) is 0 Å². The minimum Gasteiger partial charge on any atom is -0.382 e. The van der Waals surface area contributed by atoms with Crippen molar-refractivity contribution in [1.82, 2.24) is 0 Å². The SMILES string of the molecule is O=[N+]([O-])c1ccc(NC2CCCCCC2)cc1F.